The zero-order valence-electron chi connectivity index (χ0n) is 31.9. The zero-order chi connectivity index (χ0) is 38.9. The van der Waals surface area contributed by atoms with Crippen molar-refractivity contribution in [2.24, 2.45) is 17.8 Å². The summed E-state index contributed by atoms with van der Waals surface area (Å²) >= 11 is 1.01. The van der Waals surface area contributed by atoms with Gasteiger partial charge in [0.1, 0.15) is 23.2 Å². The number of nitrogens with zero attached hydrogens (tertiary/aromatic N) is 4. The van der Waals surface area contributed by atoms with Gasteiger partial charge >= 0.3 is 12.2 Å². The fourth-order valence-corrected chi connectivity index (χ4v) is 8.33. The van der Waals surface area contributed by atoms with E-state index in [-0.39, 0.29) is 74.3 Å². The lowest BCUT2D eigenvalue weighted by molar-refractivity contribution is -0.137. The van der Waals surface area contributed by atoms with E-state index in [2.05, 4.69) is 29.9 Å². The minimum Gasteiger partial charge on any atom is -0.463 e. The van der Waals surface area contributed by atoms with Gasteiger partial charge in [-0.05, 0) is 60.6 Å². The van der Waals surface area contributed by atoms with Gasteiger partial charge in [-0.2, -0.15) is 28.4 Å². The van der Waals surface area contributed by atoms with E-state index >= 15 is 22.0 Å². The summed E-state index contributed by atoms with van der Waals surface area (Å²) in [6.07, 6.45) is -1.21. The Kier molecular flexibility index (Phi) is 12.9. The van der Waals surface area contributed by atoms with Crippen LogP contribution in [0, 0.1) is 40.7 Å². The first-order chi connectivity index (χ1) is 24.2. The van der Waals surface area contributed by atoms with Crippen LogP contribution in [0.25, 0.3) is 32.1 Å². The molecule has 0 N–H and O–H groups in total. The molecule has 0 aliphatic carbocycles. The molecule has 2 aromatic heterocycles. The maximum absolute atomic E-state index is 17.3. The van der Waals surface area contributed by atoms with Crippen LogP contribution < -0.4 is 9.64 Å². The van der Waals surface area contributed by atoms with Crippen LogP contribution >= 0.6 is 11.3 Å². The molecule has 0 bridgehead atoms. The lowest BCUT2D eigenvalue weighted by Crippen LogP contribution is -2.37. The Morgan fingerprint density at radius 2 is 1.67 bits per heavy atom. The van der Waals surface area contributed by atoms with Crippen LogP contribution in [-0.4, -0.2) is 37.5 Å². The molecule has 0 saturated heterocycles. The summed E-state index contributed by atoms with van der Waals surface area (Å²) in [5.74, 6) is -1.53. The molecule has 4 aromatic rings. The smallest absolute Gasteiger partial charge is 0.417 e. The highest BCUT2D eigenvalue weighted by molar-refractivity contribution is 7.19. The van der Waals surface area contributed by atoms with Crippen LogP contribution in [0.5, 0.6) is 6.01 Å². The van der Waals surface area contributed by atoms with E-state index in [9.17, 15) is 5.26 Å². The van der Waals surface area contributed by atoms with Crippen molar-refractivity contribution in [2.45, 2.75) is 118 Å². The summed E-state index contributed by atoms with van der Waals surface area (Å²) in [4.78, 5) is 11.4. The molecule has 0 aliphatic rings. The lowest BCUT2D eigenvalue weighted by atomic mass is 9.67. The summed E-state index contributed by atoms with van der Waals surface area (Å²) in [6.45, 7) is 18.0. The topological polar surface area (TPSA) is 62.0 Å². The summed E-state index contributed by atoms with van der Waals surface area (Å²) in [5.41, 5.74) is -2.62. The second kappa shape index (κ2) is 16.3. The van der Waals surface area contributed by atoms with Gasteiger partial charge in [0, 0.05) is 34.3 Å². The molecule has 12 heteroatoms. The quantitative estimate of drug-likeness (QED) is 0.0897. The van der Waals surface area contributed by atoms with Crippen LogP contribution in [0.4, 0.5) is 27.8 Å². The molecule has 0 fully saturated rings. The number of hydrogen-bond donors (Lipinski definition) is 0. The average Bonchev–Trinajstić information content (AvgIpc) is 3.46. The molecular formula is C40H50BF5N4OS. The van der Waals surface area contributed by atoms with E-state index in [0.29, 0.717) is 23.6 Å². The fraction of sp³-hybridized carbons (Fsp3) is 0.575. The Labute approximate surface area is 310 Å². The van der Waals surface area contributed by atoms with Gasteiger partial charge in [0.25, 0.3) is 0 Å². The molecule has 0 spiro atoms. The molecule has 2 radical (unpaired) electrons. The monoisotopic (exact) mass is 740 g/mol. The third-order valence-corrected chi connectivity index (χ3v) is 11.5. The van der Waals surface area contributed by atoms with Crippen LogP contribution in [0.3, 0.4) is 0 Å². The van der Waals surface area contributed by atoms with Crippen molar-refractivity contribution in [3.05, 3.63) is 45.8 Å². The van der Waals surface area contributed by atoms with Crippen molar-refractivity contribution in [2.75, 3.05) is 18.6 Å². The van der Waals surface area contributed by atoms with Gasteiger partial charge in [-0.1, -0.05) is 86.5 Å². The minimum atomic E-state index is -5.03. The summed E-state index contributed by atoms with van der Waals surface area (Å²) in [7, 11) is 7.98. The van der Waals surface area contributed by atoms with E-state index in [1.165, 1.54) is 0 Å². The molecule has 52 heavy (non-hydrogen) atoms. The predicted molar refractivity (Wildman–Crippen MR) is 203 cm³/mol. The van der Waals surface area contributed by atoms with E-state index in [1.54, 1.807) is 7.05 Å². The lowest BCUT2D eigenvalue weighted by Gasteiger charge is -2.34. The van der Waals surface area contributed by atoms with Crippen molar-refractivity contribution in [3.63, 3.8) is 0 Å². The maximum Gasteiger partial charge on any atom is 0.417 e. The zero-order valence-corrected chi connectivity index (χ0v) is 32.8. The van der Waals surface area contributed by atoms with Gasteiger partial charge < -0.3 is 9.64 Å². The van der Waals surface area contributed by atoms with Crippen LogP contribution in [0.1, 0.15) is 116 Å². The van der Waals surface area contributed by atoms with Gasteiger partial charge in [0.05, 0.1) is 30.3 Å². The number of benzene rings is 2. The summed E-state index contributed by atoms with van der Waals surface area (Å²) < 4.78 is 84.2. The van der Waals surface area contributed by atoms with E-state index in [1.807, 2.05) is 53.4 Å². The summed E-state index contributed by atoms with van der Waals surface area (Å²) in [5, 5.41) is 9.60. The minimum absolute atomic E-state index is 0.00185. The third-order valence-electron chi connectivity index (χ3n) is 10.1. The first kappa shape index (κ1) is 41.3. The van der Waals surface area contributed by atoms with Gasteiger partial charge in [-0.15, -0.1) is 11.3 Å². The molecule has 280 valence electrons. The van der Waals surface area contributed by atoms with Gasteiger partial charge in [-0.25, -0.2) is 8.78 Å². The highest BCUT2D eigenvalue weighted by Gasteiger charge is 2.39. The van der Waals surface area contributed by atoms with E-state index in [4.69, 9.17) is 12.6 Å². The first-order valence-corrected chi connectivity index (χ1v) is 19.0. The highest BCUT2D eigenvalue weighted by Crippen LogP contribution is 2.49. The number of rotatable bonds is 15. The third kappa shape index (κ3) is 8.83. The Bertz CT molecular complexity index is 1930. The molecular weight excluding hydrogens is 690 g/mol. The predicted octanol–water partition coefficient (Wildman–Crippen LogP) is 12.3. The fourth-order valence-electron chi connectivity index (χ4n) is 7.02. The largest absolute Gasteiger partial charge is 0.463 e. The van der Waals surface area contributed by atoms with Crippen molar-refractivity contribution in [1.82, 2.24) is 9.97 Å². The van der Waals surface area contributed by atoms with Crippen LogP contribution in [0.2, 0.25) is 5.31 Å². The van der Waals surface area contributed by atoms with Crippen molar-refractivity contribution in [3.8, 4) is 23.2 Å². The molecule has 0 amide bonds. The number of thiophene rings is 1. The van der Waals surface area contributed by atoms with Crippen molar-refractivity contribution >= 4 is 46.0 Å². The number of anilines is 1. The molecule has 2 heterocycles. The van der Waals surface area contributed by atoms with Crippen LogP contribution in [-0.2, 0) is 6.18 Å². The van der Waals surface area contributed by atoms with Crippen LogP contribution in [0.15, 0.2) is 18.2 Å². The molecule has 0 aliphatic heterocycles. The number of nitriles is 1. The van der Waals surface area contributed by atoms with Gasteiger partial charge in [-0.3, -0.25) is 0 Å². The molecule has 4 atom stereocenters. The number of fused-ring (bicyclic) bond motifs is 2. The SMILES string of the molecule is [B]C(C)(C)CC(C)COc1nc(N(C)C(CCC(C)CC)C(C)C)c2cc(C(F)(F)F)c(-c3ccc(F)c4sc(C(C)CC)c(C#N)c34)c(F)c2n1. The molecule has 2 aromatic carbocycles. The summed E-state index contributed by atoms with van der Waals surface area (Å²) in [6, 6.07) is 4.80. The second-order valence-electron chi connectivity index (χ2n) is 15.5. The molecule has 4 rings (SSSR count). The van der Waals surface area contributed by atoms with E-state index in [0.717, 1.165) is 48.8 Å². The number of aromatic nitrogens is 2. The standard InChI is InChI=1S/C40H50BF5N4OS/c1-11-22(5)13-16-30(21(3)4)50(10)37-26-17-28(40(44,45)46)32(33(43)34(26)48-38(49-37)51-20-23(6)18-39(8,9)41)25-14-15-29(42)36-31(25)27(19-47)35(52-36)24(7)12-2/h14-15,17,21-24,30H,11-13,16,18,20H2,1-10H3. The molecule has 4 unspecified atom stereocenters. The maximum atomic E-state index is 17.3. The first-order valence-electron chi connectivity index (χ1n) is 18.1. The Hall–Kier alpha value is -3.46. The Morgan fingerprint density at radius 1 is 1.00 bits per heavy atom. The molecule has 5 nitrogen and oxygen atoms in total. The van der Waals surface area contributed by atoms with Crippen molar-refractivity contribution in [1.29, 1.82) is 5.26 Å². The highest BCUT2D eigenvalue weighted by atomic mass is 32.1. The number of halogens is 5. The van der Waals surface area contributed by atoms with Gasteiger partial charge in [0.15, 0.2) is 5.82 Å². The normalized spacial score (nSPS) is 14.8. The van der Waals surface area contributed by atoms with E-state index < -0.39 is 34.3 Å². The number of ether oxygens (including phenoxy) is 1. The number of alkyl halides is 3. The van der Waals surface area contributed by atoms with Gasteiger partial charge in [0.2, 0.25) is 0 Å². The number of hydrogen-bond acceptors (Lipinski definition) is 6. The average molecular weight is 741 g/mol. The second-order valence-corrected chi connectivity index (χ2v) is 16.6. The molecule has 0 saturated carbocycles. The van der Waals surface area contributed by atoms with Crippen molar-refractivity contribution < 1.29 is 26.7 Å². The Morgan fingerprint density at radius 3 is 2.23 bits per heavy atom. The Balaban J connectivity index is 2.08.